The second kappa shape index (κ2) is 13.8. The van der Waals surface area contributed by atoms with Gasteiger partial charge in [-0.15, -0.1) is 0 Å². The average molecular weight is 689 g/mol. The second-order valence-electron chi connectivity index (χ2n) is 12.9. The van der Waals surface area contributed by atoms with Crippen molar-refractivity contribution in [1.82, 2.24) is 0 Å². The molecule has 2 fully saturated rings. The van der Waals surface area contributed by atoms with Gasteiger partial charge in [0.2, 0.25) is 6.29 Å². The molecule has 1 saturated heterocycles. The van der Waals surface area contributed by atoms with Crippen LogP contribution in [0.2, 0.25) is 0 Å². The van der Waals surface area contributed by atoms with E-state index in [0.717, 1.165) is 0 Å². The number of benzene rings is 2. The quantitative estimate of drug-likeness (QED) is 0.131. The summed E-state index contributed by atoms with van der Waals surface area (Å²) < 4.78 is 33.8. The molecule has 2 aromatic carbocycles. The number of aliphatic hydroxyl groups is 6. The summed E-state index contributed by atoms with van der Waals surface area (Å²) in [6, 6.07) is 7.74. The van der Waals surface area contributed by atoms with Crippen LogP contribution in [0, 0.1) is 11.8 Å². The fraction of sp³-hybridized carbons (Fsp3) is 0.500. The predicted octanol–water partition coefficient (Wildman–Crippen LogP) is 0.315. The maximum absolute atomic E-state index is 13.0. The minimum absolute atomic E-state index is 0.00272. The highest BCUT2D eigenvalue weighted by Crippen LogP contribution is 2.51. The monoisotopic (exact) mass is 688 g/mol. The lowest BCUT2D eigenvalue weighted by Crippen LogP contribution is -2.60. The van der Waals surface area contributed by atoms with Crippen molar-refractivity contribution in [3.63, 3.8) is 0 Å². The first-order chi connectivity index (χ1) is 23.4. The molecule has 0 unspecified atom stereocenters. The molecule has 6 rings (SSSR count). The Balaban J connectivity index is 1.14. The first kappa shape index (κ1) is 34.9. The van der Waals surface area contributed by atoms with Crippen molar-refractivity contribution >= 4 is 12.0 Å². The van der Waals surface area contributed by atoms with Crippen LogP contribution in [0.3, 0.4) is 0 Å². The fourth-order valence-electron chi connectivity index (χ4n) is 7.14. The van der Waals surface area contributed by atoms with Gasteiger partial charge in [-0.1, -0.05) is 6.07 Å². The smallest absolute Gasteiger partial charge is 0.331 e. The van der Waals surface area contributed by atoms with E-state index < -0.39 is 85.1 Å². The second-order valence-corrected chi connectivity index (χ2v) is 12.9. The lowest BCUT2D eigenvalue weighted by molar-refractivity contribution is -0.346. The number of rotatable bonds is 9. The highest BCUT2D eigenvalue weighted by molar-refractivity contribution is 5.87. The topological polar surface area (TPSA) is 234 Å². The number of carbonyl (C=O) groups is 1. The van der Waals surface area contributed by atoms with Crippen LogP contribution >= 0.6 is 0 Å². The molecule has 0 aromatic heterocycles. The van der Waals surface area contributed by atoms with Crippen LogP contribution in [0.25, 0.3) is 6.08 Å². The summed E-state index contributed by atoms with van der Waals surface area (Å²) in [6.45, 7) is 0.551. The third-order valence-electron chi connectivity index (χ3n) is 9.64. The van der Waals surface area contributed by atoms with Crippen LogP contribution in [-0.4, -0.2) is 116 Å². The van der Waals surface area contributed by atoms with Crippen LogP contribution in [0.4, 0.5) is 0 Å². The van der Waals surface area contributed by atoms with Gasteiger partial charge in [-0.3, -0.25) is 0 Å². The standard InChI is InChI=1S/C34H40O15/c1-34(43)12-23(17-7-8-45-32(26(17)34)49-33-29(42)28(41)27(40)24(14-36)47-33)46-25(39)6-3-15-9-18-19(13-35)30(48-31(18)21(38)10-15)16-4-5-20(37)22(11-16)44-2/h3-11,17,19,23-24,26-30,32-33,35-38,40-43H,12-14H2,1-2H3/b6-3+/t17-,19+,23+,24+,26+,27+,28-,29+,30-,32-,33-,34-/m0/s1. The SMILES string of the molecule is COc1cc([C@@H]2Oc3c(O)cc(/C=C/C(=O)O[C@@H]4C[C@](C)(O)[C@H]5[C@H](O[C@@H]6O[C@H](CO)[C@@H](O)[C@H](O)[C@H]6O)OC=C[C@H]54)cc3[C@H]2CO)ccc1O. The molecule has 0 spiro atoms. The first-order valence-electron chi connectivity index (χ1n) is 15.8. The van der Waals surface area contributed by atoms with E-state index >= 15 is 0 Å². The highest BCUT2D eigenvalue weighted by atomic mass is 16.8. The fourth-order valence-corrected chi connectivity index (χ4v) is 7.14. The minimum atomic E-state index is -1.68. The summed E-state index contributed by atoms with van der Waals surface area (Å²) in [5.41, 5.74) is 0.0691. The zero-order valence-electron chi connectivity index (χ0n) is 26.6. The molecule has 1 aliphatic carbocycles. The van der Waals surface area contributed by atoms with E-state index in [2.05, 4.69) is 0 Å². The third kappa shape index (κ3) is 6.56. The lowest BCUT2D eigenvalue weighted by atomic mass is 9.85. The number of hydrogen-bond acceptors (Lipinski definition) is 15. The van der Waals surface area contributed by atoms with Gasteiger partial charge in [-0.05, 0) is 54.5 Å². The van der Waals surface area contributed by atoms with Crippen molar-refractivity contribution in [2.45, 2.75) is 74.1 Å². The van der Waals surface area contributed by atoms with Gasteiger partial charge < -0.3 is 69.3 Å². The molecular weight excluding hydrogens is 648 g/mol. The van der Waals surface area contributed by atoms with Gasteiger partial charge in [0.1, 0.15) is 36.6 Å². The minimum Gasteiger partial charge on any atom is -0.504 e. The lowest BCUT2D eigenvalue weighted by Gasteiger charge is -2.43. The Bertz CT molecular complexity index is 1590. The summed E-state index contributed by atoms with van der Waals surface area (Å²) in [5.74, 6) is -2.57. The molecule has 1 saturated carbocycles. The Hall–Kier alpha value is -3.93. The molecule has 15 nitrogen and oxygen atoms in total. The zero-order valence-corrected chi connectivity index (χ0v) is 26.6. The molecule has 4 aliphatic rings. The summed E-state index contributed by atoms with van der Waals surface area (Å²) >= 11 is 0. The number of aromatic hydroxyl groups is 2. The molecule has 15 heteroatoms. The maximum atomic E-state index is 13.0. The van der Waals surface area contributed by atoms with E-state index in [9.17, 15) is 45.6 Å². The predicted molar refractivity (Wildman–Crippen MR) is 166 cm³/mol. The van der Waals surface area contributed by atoms with Crippen LogP contribution < -0.4 is 9.47 Å². The Labute approximate surface area is 280 Å². The van der Waals surface area contributed by atoms with E-state index in [4.69, 9.17) is 28.4 Å². The molecule has 266 valence electrons. The van der Waals surface area contributed by atoms with Gasteiger partial charge in [-0.2, -0.15) is 0 Å². The number of fused-ring (bicyclic) bond motifs is 2. The maximum Gasteiger partial charge on any atom is 0.331 e. The first-order valence-corrected chi connectivity index (χ1v) is 15.8. The number of hydrogen-bond donors (Lipinski definition) is 8. The number of ether oxygens (including phenoxy) is 6. The number of phenolic OH excluding ortho intramolecular Hbond substituents is 2. The molecule has 2 aromatic rings. The molecule has 3 heterocycles. The normalized spacial score (nSPS) is 36.5. The van der Waals surface area contributed by atoms with E-state index in [1.54, 1.807) is 24.3 Å². The number of esters is 1. The Morgan fingerprint density at radius 2 is 1.80 bits per heavy atom. The van der Waals surface area contributed by atoms with Gasteiger partial charge in [0.15, 0.2) is 29.3 Å². The van der Waals surface area contributed by atoms with Gasteiger partial charge in [-0.25, -0.2) is 4.79 Å². The Morgan fingerprint density at radius 3 is 2.51 bits per heavy atom. The van der Waals surface area contributed by atoms with E-state index in [0.29, 0.717) is 16.7 Å². The molecule has 3 aliphatic heterocycles. The number of aliphatic hydroxyl groups excluding tert-OH is 5. The average Bonchev–Trinajstić information content (AvgIpc) is 3.58. The Kier molecular flexibility index (Phi) is 9.81. The molecule has 12 atom stereocenters. The summed E-state index contributed by atoms with van der Waals surface area (Å²) in [5, 5.41) is 82.5. The van der Waals surface area contributed by atoms with Crippen LogP contribution in [0.1, 0.15) is 42.1 Å². The van der Waals surface area contributed by atoms with Gasteiger partial charge in [0.25, 0.3) is 0 Å². The Morgan fingerprint density at radius 1 is 1.02 bits per heavy atom. The molecule has 8 N–H and O–H groups in total. The van der Waals surface area contributed by atoms with Crippen molar-refractivity contribution in [1.29, 1.82) is 0 Å². The number of phenols is 2. The van der Waals surface area contributed by atoms with Crippen LogP contribution in [0.5, 0.6) is 23.0 Å². The molecule has 0 amide bonds. The van der Waals surface area contributed by atoms with Crippen molar-refractivity contribution in [3.05, 3.63) is 65.4 Å². The van der Waals surface area contributed by atoms with Crippen molar-refractivity contribution in [2.75, 3.05) is 20.3 Å². The summed E-state index contributed by atoms with van der Waals surface area (Å²) in [6.07, 6.45) is -4.84. The molecule has 0 bridgehead atoms. The summed E-state index contributed by atoms with van der Waals surface area (Å²) in [4.78, 5) is 13.0. The van der Waals surface area contributed by atoms with E-state index in [1.807, 2.05) is 0 Å². The summed E-state index contributed by atoms with van der Waals surface area (Å²) in [7, 11) is 1.41. The van der Waals surface area contributed by atoms with Crippen molar-refractivity contribution in [3.8, 4) is 23.0 Å². The van der Waals surface area contributed by atoms with Gasteiger partial charge in [0, 0.05) is 24.0 Å². The largest absolute Gasteiger partial charge is 0.504 e. The van der Waals surface area contributed by atoms with E-state index in [-0.39, 0.29) is 36.0 Å². The highest BCUT2D eigenvalue weighted by Gasteiger charge is 2.58. The molecule has 49 heavy (non-hydrogen) atoms. The van der Waals surface area contributed by atoms with Crippen LogP contribution in [-0.2, 0) is 23.7 Å². The third-order valence-corrected chi connectivity index (χ3v) is 9.64. The molecule has 0 radical (unpaired) electrons. The number of methoxy groups -OCH3 is 1. The zero-order chi connectivity index (χ0) is 35.2. The van der Waals surface area contributed by atoms with Crippen molar-refractivity contribution < 1.29 is 74.1 Å². The van der Waals surface area contributed by atoms with E-state index in [1.165, 1.54) is 44.6 Å². The number of carbonyl (C=O) groups excluding carboxylic acids is 1. The molecular formula is C34H40O15. The van der Waals surface area contributed by atoms with Gasteiger partial charge >= 0.3 is 5.97 Å². The van der Waals surface area contributed by atoms with Crippen LogP contribution in [0.15, 0.2) is 48.7 Å². The van der Waals surface area contributed by atoms with Crippen molar-refractivity contribution in [2.24, 2.45) is 11.8 Å². The van der Waals surface area contributed by atoms with Gasteiger partial charge in [0.05, 0.1) is 44.0 Å².